The molecule has 1 rings (SSSR count). The van der Waals surface area contributed by atoms with Crippen LogP contribution in [-0.4, -0.2) is 24.9 Å². The molecule has 1 aromatic rings. The minimum Gasteiger partial charge on any atom is -0.504 e. The SMILES string of the molecule is C=C(c1ccc(O)c(O)c1)S(C)(=O)=O. The summed E-state index contributed by atoms with van der Waals surface area (Å²) in [6, 6.07) is 3.73. The monoisotopic (exact) mass is 214 g/mol. The van der Waals surface area contributed by atoms with Crippen LogP contribution in [0.15, 0.2) is 24.8 Å². The van der Waals surface area contributed by atoms with Gasteiger partial charge in [-0.05, 0) is 23.8 Å². The first-order valence-electron chi connectivity index (χ1n) is 3.73. The molecule has 2 N–H and O–H groups in total. The second-order valence-electron chi connectivity index (χ2n) is 2.90. The Labute approximate surface area is 82.1 Å². The fourth-order valence-electron chi connectivity index (χ4n) is 0.911. The number of aromatic hydroxyl groups is 2. The van der Waals surface area contributed by atoms with Gasteiger partial charge in [-0.3, -0.25) is 0 Å². The van der Waals surface area contributed by atoms with Crippen molar-refractivity contribution in [2.75, 3.05) is 6.26 Å². The molecule has 0 aliphatic carbocycles. The van der Waals surface area contributed by atoms with Crippen molar-refractivity contribution in [1.29, 1.82) is 0 Å². The predicted octanol–water partition coefficient (Wildman–Crippen LogP) is 1.11. The maximum atomic E-state index is 11.1. The van der Waals surface area contributed by atoms with E-state index in [1.807, 2.05) is 0 Å². The van der Waals surface area contributed by atoms with E-state index in [1.54, 1.807) is 0 Å². The summed E-state index contributed by atoms with van der Waals surface area (Å²) in [6.45, 7) is 3.39. The van der Waals surface area contributed by atoms with Crippen LogP contribution in [0, 0.1) is 0 Å². The Bertz CT molecular complexity index is 474. The van der Waals surface area contributed by atoms with E-state index >= 15 is 0 Å². The van der Waals surface area contributed by atoms with Gasteiger partial charge in [-0.15, -0.1) is 0 Å². The number of sulfone groups is 1. The van der Waals surface area contributed by atoms with Crippen molar-refractivity contribution in [2.45, 2.75) is 0 Å². The molecule has 0 aromatic heterocycles. The van der Waals surface area contributed by atoms with E-state index in [0.29, 0.717) is 0 Å². The molecule has 76 valence electrons. The van der Waals surface area contributed by atoms with E-state index in [1.165, 1.54) is 12.1 Å². The molecule has 1 aromatic carbocycles. The minimum absolute atomic E-state index is 0.0900. The molecule has 0 unspecified atom stereocenters. The molecule has 0 atom stereocenters. The summed E-state index contributed by atoms with van der Waals surface area (Å²) < 4.78 is 22.2. The van der Waals surface area contributed by atoms with Crippen LogP contribution >= 0.6 is 0 Å². The lowest BCUT2D eigenvalue weighted by molar-refractivity contribution is 0.403. The van der Waals surface area contributed by atoms with Crippen molar-refractivity contribution in [2.24, 2.45) is 0 Å². The minimum atomic E-state index is -3.37. The molecule has 0 bridgehead atoms. The Morgan fingerprint density at radius 3 is 2.29 bits per heavy atom. The molecule has 5 heteroatoms. The maximum absolute atomic E-state index is 11.1. The Morgan fingerprint density at radius 2 is 1.86 bits per heavy atom. The largest absolute Gasteiger partial charge is 0.504 e. The molecule has 0 aliphatic heterocycles. The Balaban J connectivity index is 3.23. The third-order valence-electron chi connectivity index (χ3n) is 1.74. The lowest BCUT2D eigenvalue weighted by Gasteiger charge is -2.04. The van der Waals surface area contributed by atoms with Gasteiger partial charge in [0, 0.05) is 6.26 Å². The molecule has 0 fully saturated rings. The summed E-state index contributed by atoms with van der Waals surface area (Å²) >= 11 is 0. The quantitative estimate of drug-likeness (QED) is 0.723. The number of benzene rings is 1. The van der Waals surface area contributed by atoms with Gasteiger partial charge >= 0.3 is 0 Å². The lowest BCUT2D eigenvalue weighted by Crippen LogP contribution is -1.98. The van der Waals surface area contributed by atoms with Crippen LogP contribution in [0.25, 0.3) is 4.91 Å². The first-order valence-corrected chi connectivity index (χ1v) is 5.63. The fraction of sp³-hybridized carbons (Fsp3) is 0.111. The van der Waals surface area contributed by atoms with Crippen LogP contribution < -0.4 is 0 Å². The lowest BCUT2D eigenvalue weighted by atomic mass is 10.2. The molecule has 0 aliphatic rings. The molecule has 4 nitrogen and oxygen atoms in total. The number of rotatable bonds is 2. The van der Waals surface area contributed by atoms with Crippen molar-refractivity contribution < 1.29 is 18.6 Å². The smallest absolute Gasteiger partial charge is 0.175 e. The van der Waals surface area contributed by atoms with Crippen molar-refractivity contribution in [1.82, 2.24) is 0 Å². The van der Waals surface area contributed by atoms with Gasteiger partial charge in [0.25, 0.3) is 0 Å². The second kappa shape index (κ2) is 3.34. The van der Waals surface area contributed by atoms with Gasteiger partial charge in [0.15, 0.2) is 21.3 Å². The zero-order chi connectivity index (χ0) is 10.9. The highest BCUT2D eigenvalue weighted by molar-refractivity contribution is 7.99. The third-order valence-corrected chi connectivity index (χ3v) is 2.88. The Kier molecular flexibility index (Phi) is 2.53. The topological polar surface area (TPSA) is 74.6 Å². The van der Waals surface area contributed by atoms with E-state index in [4.69, 9.17) is 10.2 Å². The van der Waals surface area contributed by atoms with Crippen LogP contribution in [0.1, 0.15) is 5.56 Å². The molecular weight excluding hydrogens is 204 g/mol. The van der Waals surface area contributed by atoms with Gasteiger partial charge in [0.1, 0.15) is 0 Å². The van der Waals surface area contributed by atoms with Gasteiger partial charge in [0.2, 0.25) is 0 Å². The molecule has 0 heterocycles. The number of phenols is 2. The van der Waals surface area contributed by atoms with Crippen molar-refractivity contribution in [3.05, 3.63) is 30.3 Å². The van der Waals surface area contributed by atoms with Crippen LogP contribution in [0.2, 0.25) is 0 Å². The van der Waals surface area contributed by atoms with E-state index in [2.05, 4.69) is 6.58 Å². The molecule has 0 amide bonds. The highest BCUT2D eigenvalue weighted by Gasteiger charge is 2.12. The predicted molar refractivity (Wildman–Crippen MR) is 53.6 cm³/mol. The summed E-state index contributed by atoms with van der Waals surface area (Å²) in [5.74, 6) is -0.664. The maximum Gasteiger partial charge on any atom is 0.175 e. The summed E-state index contributed by atoms with van der Waals surface area (Å²) in [5, 5.41) is 18.1. The number of hydrogen-bond acceptors (Lipinski definition) is 4. The number of phenolic OH excluding ortho intramolecular Hbond substituents is 2. The van der Waals surface area contributed by atoms with Crippen LogP contribution in [0.4, 0.5) is 0 Å². The highest BCUT2D eigenvalue weighted by atomic mass is 32.2. The van der Waals surface area contributed by atoms with Gasteiger partial charge in [0.05, 0.1) is 4.91 Å². The van der Waals surface area contributed by atoms with E-state index in [-0.39, 0.29) is 22.0 Å². The molecule has 0 spiro atoms. The van der Waals surface area contributed by atoms with Gasteiger partial charge in [-0.1, -0.05) is 6.58 Å². The Hall–Kier alpha value is -1.49. The van der Waals surface area contributed by atoms with Crippen molar-refractivity contribution >= 4 is 14.7 Å². The van der Waals surface area contributed by atoms with Crippen LogP contribution in [0.5, 0.6) is 11.5 Å². The molecular formula is C9H10O4S. The van der Waals surface area contributed by atoms with Gasteiger partial charge in [-0.25, -0.2) is 8.42 Å². The van der Waals surface area contributed by atoms with E-state index in [0.717, 1.165) is 12.3 Å². The van der Waals surface area contributed by atoms with Crippen LogP contribution in [0.3, 0.4) is 0 Å². The van der Waals surface area contributed by atoms with Crippen molar-refractivity contribution in [3.63, 3.8) is 0 Å². The average molecular weight is 214 g/mol. The van der Waals surface area contributed by atoms with E-state index < -0.39 is 9.84 Å². The molecule has 0 saturated heterocycles. The standard InChI is InChI=1S/C9H10O4S/c1-6(14(2,12)13)7-3-4-8(10)9(11)5-7/h3-5,10-11H,1H2,2H3. The molecule has 0 radical (unpaired) electrons. The molecule has 14 heavy (non-hydrogen) atoms. The second-order valence-corrected chi connectivity index (χ2v) is 4.94. The summed E-state index contributed by atoms with van der Waals surface area (Å²) in [6.07, 6.45) is 1.03. The summed E-state index contributed by atoms with van der Waals surface area (Å²) in [5.41, 5.74) is 0.266. The van der Waals surface area contributed by atoms with Crippen molar-refractivity contribution in [3.8, 4) is 11.5 Å². The first kappa shape index (κ1) is 10.6. The van der Waals surface area contributed by atoms with Crippen LogP contribution in [-0.2, 0) is 9.84 Å². The summed E-state index contributed by atoms with van der Waals surface area (Å²) in [4.78, 5) is -0.0900. The van der Waals surface area contributed by atoms with E-state index in [9.17, 15) is 8.42 Å². The zero-order valence-electron chi connectivity index (χ0n) is 7.56. The Morgan fingerprint density at radius 1 is 1.29 bits per heavy atom. The molecule has 0 saturated carbocycles. The highest BCUT2D eigenvalue weighted by Crippen LogP contribution is 2.29. The van der Waals surface area contributed by atoms with Gasteiger partial charge in [-0.2, -0.15) is 0 Å². The fourth-order valence-corrected chi connectivity index (χ4v) is 1.47. The normalized spacial score (nSPS) is 11.2. The zero-order valence-corrected chi connectivity index (χ0v) is 8.37. The summed E-state index contributed by atoms with van der Waals surface area (Å²) in [7, 11) is -3.37. The number of hydrogen-bond donors (Lipinski definition) is 2. The third kappa shape index (κ3) is 2.05. The average Bonchev–Trinajstić information content (AvgIpc) is 2.07. The first-order chi connectivity index (χ1) is 6.32. The van der Waals surface area contributed by atoms with Gasteiger partial charge < -0.3 is 10.2 Å².